The normalized spacial score (nSPS) is 25.6. The molecule has 0 spiro atoms. The molecular formula is C40H49N6O4-. The summed E-state index contributed by atoms with van der Waals surface area (Å²) in [6.45, 7) is 1.97. The molecule has 0 unspecified atom stereocenters. The number of carbonyl (C=O) groups is 3. The van der Waals surface area contributed by atoms with Crippen LogP contribution >= 0.6 is 0 Å². The Hall–Kier alpha value is -4.70. The Kier molecular flexibility index (Phi) is 10.9. The number of H-pyrrole nitrogens is 1. The first-order chi connectivity index (χ1) is 24.2. The van der Waals surface area contributed by atoms with Gasteiger partial charge in [0, 0.05) is 24.5 Å². The van der Waals surface area contributed by atoms with Crippen molar-refractivity contribution in [3.63, 3.8) is 0 Å². The van der Waals surface area contributed by atoms with Crippen LogP contribution in [-0.2, 0) is 20.8 Å². The maximum absolute atomic E-state index is 12.2. The molecule has 3 aliphatic carbocycles. The van der Waals surface area contributed by atoms with Gasteiger partial charge in [0.2, 0.25) is 0 Å². The summed E-state index contributed by atoms with van der Waals surface area (Å²) >= 11 is 0. The molecule has 2 aromatic carbocycles. The number of guanidine groups is 1. The van der Waals surface area contributed by atoms with E-state index < -0.39 is 12.0 Å². The Morgan fingerprint density at radius 3 is 2.60 bits per heavy atom. The third-order valence-corrected chi connectivity index (χ3v) is 11.3. The fourth-order valence-corrected chi connectivity index (χ4v) is 9.08. The van der Waals surface area contributed by atoms with E-state index in [2.05, 4.69) is 46.4 Å². The number of carboxylic acids is 1. The standard InChI is InChI=1S/C40H49N6O4/c1-23(22-48)4-9-29(41)10-7-25-8-11-31-30-12-13-32(39(46-35-3-2-15-44-35)28(20-36(49)50)21-45-40(42)43)38(31)37(25)34-19-27-17-24(14-16-47)5-6-26(27)18-33(30)34/h2-3,5-6,8,11,15-20,22-23,25,29-32,37-39,44H,4,7,9-10,12-14,21,41H2,1H3,(H,49,50)(H4,42,43,45)/q-1/b28-20+/t23-,25+,29-,30-,31-,32-,37+,38-,39-/m0/s1. The van der Waals surface area contributed by atoms with E-state index in [1.165, 1.54) is 22.6 Å². The topological polar surface area (TPSA) is 192 Å². The SMILES string of the molecule is C[C@H](C=O)CC[C@H](N)CC[C@@H]1C=C[C@@H]2[C@H]3[C@@H]([C@@H]([N-]c4ccc[nH]4)/C(=C/C(=O)O)CN=C(N)N)CC[C@@H]2c2cc4ccc(CC=O)cc4cc2[C@H]31. The van der Waals surface area contributed by atoms with Crippen LogP contribution in [0.25, 0.3) is 16.1 Å². The monoisotopic (exact) mass is 677 g/mol. The van der Waals surface area contributed by atoms with E-state index in [0.29, 0.717) is 23.7 Å². The van der Waals surface area contributed by atoms with Crippen molar-refractivity contribution in [1.82, 2.24) is 4.98 Å². The lowest BCUT2D eigenvalue weighted by Gasteiger charge is -2.57. The molecular weight excluding hydrogens is 628 g/mol. The molecule has 1 aromatic heterocycles. The number of aliphatic carboxylic acids is 1. The lowest BCUT2D eigenvalue weighted by Crippen LogP contribution is -2.49. The molecule has 10 nitrogen and oxygen atoms in total. The van der Waals surface area contributed by atoms with E-state index >= 15 is 0 Å². The largest absolute Gasteiger partial charge is 0.478 e. The summed E-state index contributed by atoms with van der Waals surface area (Å²) in [5.41, 5.74) is 22.4. The maximum atomic E-state index is 12.2. The van der Waals surface area contributed by atoms with Gasteiger partial charge < -0.3 is 42.2 Å². The quantitative estimate of drug-likeness (QED) is 0.0403. The summed E-state index contributed by atoms with van der Waals surface area (Å²) in [6.07, 6.45) is 15.3. The van der Waals surface area contributed by atoms with Crippen LogP contribution in [0.15, 0.2) is 77.5 Å². The molecule has 9 atom stereocenters. The van der Waals surface area contributed by atoms with Gasteiger partial charge in [-0.2, -0.15) is 0 Å². The Morgan fingerprint density at radius 2 is 1.88 bits per heavy atom. The molecule has 3 aromatic rings. The molecule has 0 aliphatic heterocycles. The zero-order valence-electron chi connectivity index (χ0n) is 28.7. The molecule has 10 heteroatoms. The van der Waals surface area contributed by atoms with Crippen molar-refractivity contribution in [1.29, 1.82) is 0 Å². The van der Waals surface area contributed by atoms with Gasteiger partial charge in [0.05, 0.1) is 6.54 Å². The fourth-order valence-electron chi connectivity index (χ4n) is 9.08. The second-order valence-corrected chi connectivity index (χ2v) is 14.6. The highest BCUT2D eigenvalue weighted by molar-refractivity contribution is 5.86. The van der Waals surface area contributed by atoms with Gasteiger partial charge in [0.25, 0.3) is 0 Å². The number of carboxylic acid groups (broad SMARTS) is 1. The predicted molar refractivity (Wildman–Crippen MR) is 197 cm³/mol. The molecule has 264 valence electrons. The van der Waals surface area contributed by atoms with Crippen molar-refractivity contribution >= 4 is 41.1 Å². The Labute approximate surface area is 293 Å². The minimum atomic E-state index is -1.06. The first-order valence-corrected chi connectivity index (χ1v) is 17.9. The average Bonchev–Trinajstić information content (AvgIpc) is 3.62. The molecule has 0 radical (unpaired) electrons. The number of carbonyl (C=O) groups excluding carboxylic acids is 2. The van der Waals surface area contributed by atoms with Gasteiger partial charge in [-0.15, -0.1) is 0 Å². The van der Waals surface area contributed by atoms with Crippen LogP contribution in [0.3, 0.4) is 0 Å². The summed E-state index contributed by atoms with van der Waals surface area (Å²) in [5.74, 6) is 0.635. The van der Waals surface area contributed by atoms with Gasteiger partial charge in [-0.3, -0.25) is 0 Å². The highest BCUT2D eigenvalue weighted by atomic mass is 16.4. The first kappa shape index (κ1) is 35.1. The van der Waals surface area contributed by atoms with Crippen LogP contribution in [0.4, 0.5) is 5.82 Å². The first-order valence-electron chi connectivity index (χ1n) is 17.9. The molecule has 0 amide bonds. The summed E-state index contributed by atoms with van der Waals surface area (Å²) in [7, 11) is 0. The third-order valence-electron chi connectivity index (χ3n) is 11.3. The molecule has 50 heavy (non-hydrogen) atoms. The summed E-state index contributed by atoms with van der Waals surface area (Å²) in [5, 5.41) is 17.5. The van der Waals surface area contributed by atoms with E-state index in [0.717, 1.165) is 62.0 Å². The van der Waals surface area contributed by atoms with Gasteiger partial charge >= 0.3 is 5.97 Å². The van der Waals surface area contributed by atoms with Gasteiger partial charge in [-0.05, 0) is 113 Å². The zero-order chi connectivity index (χ0) is 35.4. The number of benzene rings is 2. The third kappa shape index (κ3) is 7.55. The fraction of sp³-hybridized carbons (Fsp3) is 0.450. The number of allylic oxidation sites excluding steroid dienone is 2. The van der Waals surface area contributed by atoms with Crippen molar-refractivity contribution < 1.29 is 19.5 Å². The number of fused-ring (bicyclic) bond motifs is 4. The minimum absolute atomic E-state index is 0.00807. The number of aromatic nitrogens is 1. The second kappa shape index (κ2) is 15.5. The summed E-state index contributed by atoms with van der Waals surface area (Å²) < 4.78 is 0. The molecule has 1 fully saturated rings. The second-order valence-electron chi connectivity index (χ2n) is 14.6. The number of aromatic amines is 1. The molecule has 6 rings (SSSR count). The van der Waals surface area contributed by atoms with Gasteiger partial charge in [-0.1, -0.05) is 73.6 Å². The number of hydrogen-bond acceptors (Lipinski definition) is 5. The highest BCUT2D eigenvalue weighted by Gasteiger charge is 2.53. The van der Waals surface area contributed by atoms with Crippen LogP contribution in [0.1, 0.15) is 74.0 Å². The van der Waals surface area contributed by atoms with Gasteiger partial charge in [0.1, 0.15) is 12.6 Å². The number of nitrogens with two attached hydrogens (primary N) is 3. The number of hydrogen-bond donors (Lipinski definition) is 5. The van der Waals surface area contributed by atoms with E-state index in [-0.39, 0.29) is 54.1 Å². The molecule has 8 N–H and O–H groups in total. The molecule has 0 saturated heterocycles. The van der Waals surface area contributed by atoms with E-state index in [4.69, 9.17) is 22.5 Å². The minimum Gasteiger partial charge on any atom is -0.478 e. The Bertz CT molecular complexity index is 1780. The van der Waals surface area contributed by atoms with Crippen molar-refractivity contribution in [3.8, 4) is 0 Å². The van der Waals surface area contributed by atoms with Crippen LogP contribution in [0, 0.1) is 29.6 Å². The van der Waals surface area contributed by atoms with E-state index in [1.807, 2.05) is 31.3 Å². The van der Waals surface area contributed by atoms with Crippen molar-refractivity contribution in [3.05, 3.63) is 94.5 Å². The average molecular weight is 678 g/mol. The molecule has 1 heterocycles. The van der Waals surface area contributed by atoms with Gasteiger partial charge in [-0.25, -0.2) is 9.79 Å². The van der Waals surface area contributed by atoms with Crippen molar-refractivity contribution in [2.45, 2.75) is 75.8 Å². The van der Waals surface area contributed by atoms with Crippen LogP contribution in [-0.4, -0.2) is 53.2 Å². The highest BCUT2D eigenvalue weighted by Crippen LogP contribution is 2.63. The lowest BCUT2D eigenvalue weighted by molar-refractivity contribution is -0.131. The van der Waals surface area contributed by atoms with Crippen LogP contribution in [0.5, 0.6) is 0 Å². The Balaban J connectivity index is 1.44. The van der Waals surface area contributed by atoms with Crippen molar-refractivity contribution in [2.75, 3.05) is 6.54 Å². The van der Waals surface area contributed by atoms with Crippen LogP contribution < -0.4 is 17.2 Å². The predicted octanol–water partition coefficient (Wildman–Crippen LogP) is 6.00. The number of rotatable bonds is 16. The summed E-state index contributed by atoms with van der Waals surface area (Å²) in [4.78, 5) is 42.3. The van der Waals surface area contributed by atoms with Crippen molar-refractivity contribution in [2.24, 2.45) is 51.8 Å². The maximum Gasteiger partial charge on any atom is 0.328 e. The van der Waals surface area contributed by atoms with E-state index in [9.17, 15) is 19.5 Å². The number of nitrogens with one attached hydrogen (secondary N) is 1. The zero-order valence-corrected chi connectivity index (χ0v) is 28.7. The van der Waals surface area contributed by atoms with Crippen LogP contribution in [0.2, 0.25) is 0 Å². The molecule has 3 aliphatic rings. The van der Waals surface area contributed by atoms with E-state index in [1.54, 1.807) is 0 Å². The Morgan fingerprint density at radius 1 is 1.06 bits per heavy atom. The smallest absolute Gasteiger partial charge is 0.328 e. The number of aldehydes is 2. The lowest BCUT2D eigenvalue weighted by atomic mass is 9.48. The summed E-state index contributed by atoms with van der Waals surface area (Å²) in [6, 6.07) is 14.3. The number of nitrogens with zero attached hydrogens (tertiary/aromatic N) is 2. The molecule has 1 saturated carbocycles. The van der Waals surface area contributed by atoms with Gasteiger partial charge in [0.15, 0.2) is 5.96 Å². The molecule has 4 bridgehead atoms. The number of aliphatic imine (C=N–C) groups is 1.